The summed E-state index contributed by atoms with van der Waals surface area (Å²) in [5.41, 5.74) is 0. The van der Waals surface area contributed by atoms with Gasteiger partial charge in [-0.25, -0.2) is 0 Å². The normalized spacial score (nSPS) is 47.7. The topological polar surface area (TPSA) is 12.0 Å². The number of nitrogens with one attached hydrogen (secondary N) is 1. The Morgan fingerprint density at radius 1 is 1.33 bits per heavy atom. The van der Waals surface area contributed by atoms with Crippen molar-refractivity contribution in [1.29, 1.82) is 0 Å². The van der Waals surface area contributed by atoms with Crippen LogP contribution in [-0.2, 0) is 0 Å². The highest BCUT2D eigenvalue weighted by Crippen LogP contribution is 2.40. The number of hydrogen-bond acceptors (Lipinski definition) is 1. The van der Waals surface area contributed by atoms with Crippen molar-refractivity contribution < 1.29 is 0 Å². The Morgan fingerprint density at radius 3 is 2.22 bits per heavy atom. The molecular formula is C8H15N. The first-order valence-electron chi connectivity index (χ1n) is 4.03. The van der Waals surface area contributed by atoms with Crippen molar-refractivity contribution in [2.45, 2.75) is 38.8 Å². The van der Waals surface area contributed by atoms with Crippen LogP contribution in [0.4, 0.5) is 0 Å². The van der Waals surface area contributed by atoms with E-state index in [9.17, 15) is 0 Å². The minimum Gasteiger partial charge on any atom is -0.311 e. The van der Waals surface area contributed by atoms with Crippen LogP contribution in [-0.4, -0.2) is 12.1 Å². The number of hydrogen-bond donors (Lipinski definition) is 1. The van der Waals surface area contributed by atoms with E-state index >= 15 is 0 Å². The van der Waals surface area contributed by atoms with Gasteiger partial charge in [-0.1, -0.05) is 13.8 Å². The van der Waals surface area contributed by atoms with Crippen LogP contribution in [0.15, 0.2) is 0 Å². The van der Waals surface area contributed by atoms with Gasteiger partial charge in [0.1, 0.15) is 0 Å². The predicted octanol–water partition coefficient (Wildman–Crippen LogP) is 1.39. The van der Waals surface area contributed by atoms with Gasteiger partial charge in [0.25, 0.3) is 0 Å². The molecule has 2 saturated heterocycles. The summed E-state index contributed by atoms with van der Waals surface area (Å²) in [6, 6.07) is 1.76. The average molecular weight is 125 g/mol. The Kier molecular flexibility index (Phi) is 1.10. The molecule has 2 heterocycles. The summed E-state index contributed by atoms with van der Waals surface area (Å²) >= 11 is 0. The zero-order valence-corrected chi connectivity index (χ0v) is 6.22. The first kappa shape index (κ1) is 5.72. The molecule has 52 valence electrons. The predicted molar refractivity (Wildman–Crippen MR) is 38.3 cm³/mol. The highest BCUT2D eigenvalue weighted by atomic mass is 15.1. The molecule has 3 aliphatic rings. The van der Waals surface area contributed by atoms with Crippen LogP contribution in [0.2, 0.25) is 0 Å². The van der Waals surface area contributed by atoms with Gasteiger partial charge in [0.2, 0.25) is 0 Å². The molecule has 3 rings (SSSR count). The zero-order valence-electron chi connectivity index (χ0n) is 6.22. The lowest BCUT2D eigenvalue weighted by molar-refractivity contribution is 0.321. The molecule has 1 atom stereocenters. The van der Waals surface area contributed by atoms with E-state index in [1.165, 1.54) is 12.8 Å². The molecule has 0 spiro atoms. The van der Waals surface area contributed by atoms with Crippen LogP contribution in [0.1, 0.15) is 26.7 Å². The Hall–Kier alpha value is -0.0400. The maximum Gasteiger partial charge on any atom is 0.0122 e. The molecule has 0 aromatic carbocycles. The van der Waals surface area contributed by atoms with Crippen molar-refractivity contribution in [3.05, 3.63) is 0 Å². The summed E-state index contributed by atoms with van der Waals surface area (Å²) < 4.78 is 0. The zero-order chi connectivity index (χ0) is 6.43. The second kappa shape index (κ2) is 1.72. The van der Waals surface area contributed by atoms with E-state index in [-0.39, 0.29) is 0 Å². The molecular weight excluding hydrogens is 110 g/mol. The molecule has 0 aromatic heterocycles. The fourth-order valence-electron chi connectivity index (χ4n) is 2.24. The maximum atomic E-state index is 3.63. The third-order valence-corrected chi connectivity index (χ3v) is 2.83. The second-order valence-corrected chi connectivity index (χ2v) is 3.86. The summed E-state index contributed by atoms with van der Waals surface area (Å²) in [7, 11) is 0. The molecule has 1 aliphatic carbocycles. The summed E-state index contributed by atoms with van der Waals surface area (Å²) in [4.78, 5) is 0. The Balaban J connectivity index is 2.00. The van der Waals surface area contributed by atoms with E-state index in [1.54, 1.807) is 0 Å². The Labute approximate surface area is 56.8 Å². The lowest BCUT2D eigenvalue weighted by Gasteiger charge is -2.23. The van der Waals surface area contributed by atoms with Gasteiger partial charge < -0.3 is 5.32 Å². The van der Waals surface area contributed by atoms with Gasteiger partial charge in [0.15, 0.2) is 0 Å². The van der Waals surface area contributed by atoms with Crippen LogP contribution in [0.25, 0.3) is 0 Å². The summed E-state index contributed by atoms with van der Waals surface area (Å²) in [5.74, 6) is 1.89. The standard InChI is InChI=1S/C8H15N/c1-5(2)8-6-3-7(4-6)9-8/h5-9H,3-4H2,1-2H3. The molecule has 9 heavy (non-hydrogen) atoms. The van der Waals surface area contributed by atoms with Gasteiger partial charge in [0, 0.05) is 12.1 Å². The average Bonchev–Trinajstić information content (AvgIpc) is 2.12. The van der Waals surface area contributed by atoms with Crippen LogP contribution in [0.5, 0.6) is 0 Å². The van der Waals surface area contributed by atoms with E-state index in [2.05, 4.69) is 19.2 Å². The van der Waals surface area contributed by atoms with Gasteiger partial charge in [-0.15, -0.1) is 0 Å². The molecule has 2 bridgehead atoms. The minimum absolute atomic E-state index is 0.850. The molecule has 2 aliphatic heterocycles. The fourth-order valence-corrected chi connectivity index (χ4v) is 2.24. The highest BCUT2D eigenvalue weighted by molar-refractivity contribution is 5.02. The minimum atomic E-state index is 0.850. The van der Waals surface area contributed by atoms with Gasteiger partial charge in [-0.05, 0) is 24.7 Å². The van der Waals surface area contributed by atoms with Crippen LogP contribution in [0.3, 0.4) is 0 Å². The van der Waals surface area contributed by atoms with E-state index in [0.29, 0.717) is 0 Å². The van der Waals surface area contributed by atoms with Crippen molar-refractivity contribution in [1.82, 2.24) is 5.32 Å². The number of rotatable bonds is 1. The molecule has 0 radical (unpaired) electrons. The van der Waals surface area contributed by atoms with Crippen molar-refractivity contribution in [3.8, 4) is 0 Å². The summed E-state index contributed by atoms with van der Waals surface area (Å²) in [6.07, 6.45) is 2.92. The number of fused-ring (bicyclic) bond motifs is 1. The highest BCUT2D eigenvalue weighted by Gasteiger charge is 2.44. The van der Waals surface area contributed by atoms with E-state index in [1.807, 2.05) is 0 Å². The quantitative estimate of drug-likeness (QED) is 0.558. The molecule has 1 N–H and O–H groups in total. The first-order chi connectivity index (χ1) is 4.27. The van der Waals surface area contributed by atoms with Crippen LogP contribution in [0, 0.1) is 11.8 Å². The Morgan fingerprint density at radius 2 is 2.00 bits per heavy atom. The van der Waals surface area contributed by atoms with Crippen molar-refractivity contribution in [2.24, 2.45) is 11.8 Å². The largest absolute Gasteiger partial charge is 0.311 e. The monoisotopic (exact) mass is 125 g/mol. The lowest BCUT2D eigenvalue weighted by Crippen LogP contribution is -2.27. The van der Waals surface area contributed by atoms with E-state index < -0.39 is 0 Å². The van der Waals surface area contributed by atoms with Gasteiger partial charge in [0.05, 0.1) is 0 Å². The third kappa shape index (κ3) is 0.710. The van der Waals surface area contributed by atoms with Crippen molar-refractivity contribution in [3.63, 3.8) is 0 Å². The van der Waals surface area contributed by atoms with Crippen molar-refractivity contribution in [2.75, 3.05) is 0 Å². The van der Waals surface area contributed by atoms with E-state index in [4.69, 9.17) is 0 Å². The molecule has 1 unspecified atom stereocenters. The summed E-state index contributed by atoms with van der Waals surface area (Å²) in [6.45, 7) is 4.64. The third-order valence-electron chi connectivity index (χ3n) is 2.83. The van der Waals surface area contributed by atoms with Crippen molar-refractivity contribution >= 4 is 0 Å². The SMILES string of the molecule is CC(C)C1NC2CC1C2. The second-order valence-electron chi connectivity index (χ2n) is 3.86. The maximum absolute atomic E-state index is 3.63. The van der Waals surface area contributed by atoms with Gasteiger partial charge in [-0.2, -0.15) is 0 Å². The molecule has 1 nitrogen and oxygen atoms in total. The molecule has 0 aromatic rings. The fraction of sp³-hybridized carbons (Fsp3) is 1.00. The molecule has 3 fully saturated rings. The molecule has 1 heteroatoms. The van der Waals surface area contributed by atoms with Crippen LogP contribution < -0.4 is 5.32 Å². The Bertz CT molecular complexity index is 114. The van der Waals surface area contributed by atoms with Crippen LogP contribution >= 0.6 is 0 Å². The van der Waals surface area contributed by atoms with Gasteiger partial charge >= 0.3 is 0 Å². The molecule has 0 amide bonds. The summed E-state index contributed by atoms with van der Waals surface area (Å²) in [5, 5.41) is 3.63. The lowest BCUT2D eigenvalue weighted by atomic mass is 9.80. The van der Waals surface area contributed by atoms with Gasteiger partial charge in [-0.3, -0.25) is 0 Å². The molecule has 1 saturated carbocycles. The smallest absolute Gasteiger partial charge is 0.0122 e. The first-order valence-corrected chi connectivity index (χ1v) is 4.03. The van der Waals surface area contributed by atoms with E-state index in [0.717, 1.165) is 23.9 Å².